The predicted molar refractivity (Wildman–Crippen MR) is 75.5 cm³/mol. The first-order chi connectivity index (χ1) is 9.49. The molecule has 1 atom stereocenters. The van der Waals surface area contributed by atoms with Gasteiger partial charge in [0.2, 0.25) is 0 Å². The fourth-order valence-electron chi connectivity index (χ4n) is 1.72. The number of carbonyl (C=O) groups is 1. The molecule has 104 valence electrons. The molecule has 0 amide bonds. The van der Waals surface area contributed by atoms with Gasteiger partial charge in [0, 0.05) is 36.8 Å². The lowest BCUT2D eigenvalue weighted by Crippen LogP contribution is -2.36. The van der Waals surface area contributed by atoms with Crippen molar-refractivity contribution < 1.29 is 9.90 Å². The monoisotopic (exact) mass is 272 g/mol. The summed E-state index contributed by atoms with van der Waals surface area (Å²) in [5.41, 5.74) is 1.58. The number of aromatic nitrogens is 3. The Morgan fingerprint density at radius 1 is 1.40 bits per heavy atom. The summed E-state index contributed by atoms with van der Waals surface area (Å²) in [5, 5.41) is 9.07. The first-order valence-corrected chi connectivity index (χ1v) is 6.20. The number of nitrogens with zero attached hydrogens (tertiary/aromatic N) is 4. The van der Waals surface area contributed by atoms with E-state index in [1.165, 1.54) is 0 Å². The lowest BCUT2D eigenvalue weighted by atomic mass is 10.2. The number of aryl methyl sites for hydroxylation is 1. The Kier molecular flexibility index (Phi) is 3.93. The summed E-state index contributed by atoms with van der Waals surface area (Å²) >= 11 is 0. The minimum Gasteiger partial charge on any atom is -0.480 e. The quantitative estimate of drug-likeness (QED) is 0.913. The van der Waals surface area contributed by atoms with E-state index in [2.05, 4.69) is 15.0 Å². The highest BCUT2D eigenvalue weighted by Gasteiger charge is 2.19. The van der Waals surface area contributed by atoms with Gasteiger partial charge in [0.05, 0.1) is 0 Å². The first-order valence-electron chi connectivity index (χ1n) is 6.20. The van der Waals surface area contributed by atoms with Gasteiger partial charge in [-0.15, -0.1) is 0 Å². The molecule has 0 saturated heterocycles. The standard InChI is InChI=1S/C14H16N4O2/c1-9-7-12(18(3)10(2)14(19)20)17-13(16-9)11-5-4-6-15-8-11/h4-8,10H,1-3H3,(H,19,20). The van der Waals surface area contributed by atoms with E-state index in [0.29, 0.717) is 11.6 Å². The molecule has 2 aromatic heterocycles. The van der Waals surface area contributed by atoms with Crippen LogP contribution in [0.15, 0.2) is 30.6 Å². The molecule has 0 aliphatic heterocycles. The molecule has 0 aromatic carbocycles. The molecule has 0 aliphatic rings. The average molecular weight is 272 g/mol. The Labute approximate surface area is 117 Å². The van der Waals surface area contributed by atoms with Crippen LogP contribution in [0, 0.1) is 6.92 Å². The summed E-state index contributed by atoms with van der Waals surface area (Å²) in [5.74, 6) is 0.218. The maximum Gasteiger partial charge on any atom is 0.326 e. The predicted octanol–water partition coefficient (Wildman–Crippen LogP) is 1.76. The number of carboxylic acid groups (broad SMARTS) is 1. The molecule has 2 heterocycles. The summed E-state index contributed by atoms with van der Waals surface area (Å²) < 4.78 is 0. The number of likely N-dealkylation sites (N-methyl/N-ethyl adjacent to an activating group) is 1. The molecule has 6 nitrogen and oxygen atoms in total. The van der Waals surface area contributed by atoms with Crippen LogP contribution in [0.3, 0.4) is 0 Å². The second kappa shape index (κ2) is 5.64. The fraction of sp³-hybridized carbons (Fsp3) is 0.286. The lowest BCUT2D eigenvalue weighted by Gasteiger charge is -2.23. The third-order valence-corrected chi connectivity index (χ3v) is 3.06. The molecule has 1 N–H and O–H groups in total. The molecular weight excluding hydrogens is 256 g/mol. The van der Waals surface area contributed by atoms with Crippen LogP contribution >= 0.6 is 0 Å². The summed E-state index contributed by atoms with van der Waals surface area (Å²) in [6.45, 7) is 3.47. The van der Waals surface area contributed by atoms with Crippen molar-refractivity contribution in [3.63, 3.8) is 0 Å². The largest absolute Gasteiger partial charge is 0.480 e. The summed E-state index contributed by atoms with van der Waals surface area (Å²) in [4.78, 5) is 25.5. The molecule has 0 bridgehead atoms. The number of carboxylic acids is 1. The number of aliphatic carboxylic acids is 1. The van der Waals surface area contributed by atoms with Gasteiger partial charge in [-0.3, -0.25) is 4.98 Å². The third kappa shape index (κ3) is 2.90. The van der Waals surface area contributed by atoms with Crippen LogP contribution in [-0.4, -0.2) is 39.1 Å². The van der Waals surface area contributed by atoms with Crippen molar-refractivity contribution in [3.05, 3.63) is 36.3 Å². The molecule has 1 unspecified atom stereocenters. The summed E-state index contributed by atoms with van der Waals surface area (Å²) in [6.07, 6.45) is 3.36. The van der Waals surface area contributed by atoms with E-state index in [4.69, 9.17) is 5.11 Å². The number of rotatable bonds is 4. The third-order valence-electron chi connectivity index (χ3n) is 3.06. The second-order valence-corrected chi connectivity index (χ2v) is 4.56. The van der Waals surface area contributed by atoms with Gasteiger partial charge in [-0.05, 0) is 26.0 Å². The van der Waals surface area contributed by atoms with Crippen LogP contribution in [0.2, 0.25) is 0 Å². The smallest absolute Gasteiger partial charge is 0.326 e. The van der Waals surface area contributed by atoms with Crippen LogP contribution in [0.1, 0.15) is 12.6 Å². The van der Waals surface area contributed by atoms with Crippen molar-refractivity contribution >= 4 is 11.8 Å². The molecule has 2 rings (SSSR count). The minimum atomic E-state index is -0.897. The number of anilines is 1. The van der Waals surface area contributed by atoms with E-state index in [0.717, 1.165) is 11.3 Å². The zero-order chi connectivity index (χ0) is 14.7. The number of hydrogen-bond acceptors (Lipinski definition) is 5. The van der Waals surface area contributed by atoms with Crippen LogP contribution < -0.4 is 4.90 Å². The molecule has 0 radical (unpaired) electrons. The Balaban J connectivity index is 2.42. The van der Waals surface area contributed by atoms with E-state index in [9.17, 15) is 4.79 Å². The van der Waals surface area contributed by atoms with Crippen LogP contribution in [0.4, 0.5) is 5.82 Å². The number of hydrogen-bond donors (Lipinski definition) is 1. The lowest BCUT2D eigenvalue weighted by molar-refractivity contribution is -0.138. The van der Waals surface area contributed by atoms with Gasteiger partial charge in [-0.25, -0.2) is 14.8 Å². The average Bonchev–Trinajstić information content (AvgIpc) is 2.45. The zero-order valence-corrected chi connectivity index (χ0v) is 11.6. The minimum absolute atomic E-state index is 0.539. The Morgan fingerprint density at radius 3 is 2.75 bits per heavy atom. The van der Waals surface area contributed by atoms with Gasteiger partial charge >= 0.3 is 5.97 Å². The van der Waals surface area contributed by atoms with Crippen molar-refractivity contribution in [3.8, 4) is 11.4 Å². The highest BCUT2D eigenvalue weighted by atomic mass is 16.4. The molecule has 0 fully saturated rings. The maximum absolute atomic E-state index is 11.1. The molecular formula is C14H16N4O2. The van der Waals surface area contributed by atoms with Gasteiger partial charge in [-0.1, -0.05) is 0 Å². The van der Waals surface area contributed by atoms with Crippen molar-refractivity contribution in [2.45, 2.75) is 19.9 Å². The van der Waals surface area contributed by atoms with E-state index in [1.807, 2.05) is 19.1 Å². The second-order valence-electron chi connectivity index (χ2n) is 4.56. The summed E-state index contributed by atoms with van der Waals surface area (Å²) in [7, 11) is 1.70. The zero-order valence-electron chi connectivity index (χ0n) is 11.6. The Bertz CT molecular complexity index is 616. The van der Waals surface area contributed by atoms with E-state index >= 15 is 0 Å². The van der Waals surface area contributed by atoms with E-state index < -0.39 is 12.0 Å². The van der Waals surface area contributed by atoms with Crippen molar-refractivity contribution in [2.24, 2.45) is 0 Å². The van der Waals surface area contributed by atoms with Gasteiger partial charge < -0.3 is 10.0 Å². The van der Waals surface area contributed by atoms with Gasteiger partial charge in [0.1, 0.15) is 11.9 Å². The Morgan fingerprint density at radius 2 is 2.15 bits per heavy atom. The van der Waals surface area contributed by atoms with Gasteiger partial charge in [0.15, 0.2) is 5.82 Å². The molecule has 0 spiro atoms. The van der Waals surface area contributed by atoms with E-state index in [1.54, 1.807) is 37.3 Å². The van der Waals surface area contributed by atoms with E-state index in [-0.39, 0.29) is 0 Å². The SMILES string of the molecule is Cc1cc(N(C)C(C)C(=O)O)nc(-c2cccnc2)n1. The molecule has 0 aliphatic carbocycles. The van der Waals surface area contributed by atoms with Crippen LogP contribution in [0.5, 0.6) is 0 Å². The molecule has 6 heteroatoms. The van der Waals surface area contributed by atoms with Gasteiger partial charge in [0.25, 0.3) is 0 Å². The highest BCUT2D eigenvalue weighted by Crippen LogP contribution is 2.19. The number of pyridine rings is 1. The van der Waals surface area contributed by atoms with Crippen molar-refractivity contribution in [1.29, 1.82) is 0 Å². The van der Waals surface area contributed by atoms with Crippen LogP contribution in [0.25, 0.3) is 11.4 Å². The normalized spacial score (nSPS) is 11.9. The molecule has 20 heavy (non-hydrogen) atoms. The molecule has 2 aromatic rings. The highest BCUT2D eigenvalue weighted by molar-refractivity contribution is 5.77. The topological polar surface area (TPSA) is 79.2 Å². The van der Waals surface area contributed by atoms with Crippen molar-refractivity contribution in [2.75, 3.05) is 11.9 Å². The van der Waals surface area contributed by atoms with Crippen molar-refractivity contribution in [1.82, 2.24) is 15.0 Å². The fourth-order valence-corrected chi connectivity index (χ4v) is 1.72. The first kappa shape index (κ1) is 13.9. The maximum atomic E-state index is 11.1. The van der Waals surface area contributed by atoms with Crippen LogP contribution in [-0.2, 0) is 4.79 Å². The Hall–Kier alpha value is -2.50. The summed E-state index contributed by atoms with van der Waals surface area (Å²) in [6, 6.07) is 4.78. The van der Waals surface area contributed by atoms with Gasteiger partial charge in [-0.2, -0.15) is 0 Å². The molecule has 0 saturated carbocycles.